The molecule has 23 heavy (non-hydrogen) atoms. The van der Waals surface area contributed by atoms with Gasteiger partial charge in [-0.1, -0.05) is 17.7 Å². The zero-order chi connectivity index (χ0) is 16.6. The van der Waals surface area contributed by atoms with Gasteiger partial charge in [-0.3, -0.25) is 9.20 Å². The van der Waals surface area contributed by atoms with Crippen LogP contribution in [0.5, 0.6) is 0 Å². The average molecular weight is 336 g/mol. The second-order valence-electron chi connectivity index (χ2n) is 5.07. The Bertz CT molecular complexity index is 933. The fourth-order valence-corrected chi connectivity index (χ4v) is 2.48. The van der Waals surface area contributed by atoms with Crippen molar-refractivity contribution in [3.63, 3.8) is 0 Å². The number of anilines is 1. The molecule has 0 radical (unpaired) electrons. The first kappa shape index (κ1) is 15.4. The third-order valence-electron chi connectivity index (χ3n) is 3.39. The van der Waals surface area contributed by atoms with E-state index in [0.29, 0.717) is 11.3 Å². The Balaban J connectivity index is 1.94. The summed E-state index contributed by atoms with van der Waals surface area (Å²) in [6.07, 6.45) is 1.62. The molecule has 2 heterocycles. The zero-order valence-electron chi connectivity index (χ0n) is 12.1. The summed E-state index contributed by atoms with van der Waals surface area (Å²) in [5, 5.41) is 2.59. The van der Waals surface area contributed by atoms with Crippen LogP contribution in [-0.2, 0) is 6.54 Å². The lowest BCUT2D eigenvalue weighted by molar-refractivity contribution is 0.588. The first-order chi connectivity index (χ1) is 11.0. The Morgan fingerprint density at radius 1 is 1.26 bits per heavy atom. The van der Waals surface area contributed by atoms with E-state index in [9.17, 15) is 13.6 Å². The normalized spacial score (nSPS) is 11.0. The van der Waals surface area contributed by atoms with Gasteiger partial charge in [0.15, 0.2) is 11.6 Å². The summed E-state index contributed by atoms with van der Waals surface area (Å²) < 4.78 is 28.9. The van der Waals surface area contributed by atoms with Crippen molar-refractivity contribution in [1.82, 2.24) is 9.38 Å². The average Bonchev–Trinajstić information content (AvgIpc) is 2.47. The van der Waals surface area contributed by atoms with E-state index in [0.717, 1.165) is 17.7 Å². The molecule has 1 N–H and O–H groups in total. The maximum Gasteiger partial charge on any atom is 0.258 e. The first-order valence-corrected chi connectivity index (χ1v) is 7.20. The number of hydrogen-bond donors (Lipinski definition) is 1. The summed E-state index contributed by atoms with van der Waals surface area (Å²) in [5.74, 6) is -1.60. The van der Waals surface area contributed by atoms with Gasteiger partial charge in [0.2, 0.25) is 0 Å². The predicted octanol–water partition coefficient (Wildman–Crippen LogP) is 3.55. The van der Waals surface area contributed by atoms with E-state index in [-0.39, 0.29) is 22.8 Å². The van der Waals surface area contributed by atoms with E-state index in [1.165, 1.54) is 10.5 Å². The molecule has 0 saturated carbocycles. The highest BCUT2D eigenvalue weighted by atomic mass is 35.5. The topological polar surface area (TPSA) is 46.4 Å². The summed E-state index contributed by atoms with van der Waals surface area (Å²) in [5.41, 5.74) is 1.16. The van der Waals surface area contributed by atoms with Crippen molar-refractivity contribution in [2.24, 2.45) is 0 Å². The number of nitrogens with one attached hydrogen (secondary N) is 1. The molecular formula is C16H12ClF2N3O. The van der Waals surface area contributed by atoms with Crippen LogP contribution >= 0.6 is 11.6 Å². The van der Waals surface area contributed by atoms with Crippen molar-refractivity contribution in [3.05, 3.63) is 74.8 Å². The number of pyridine rings is 1. The van der Waals surface area contributed by atoms with Crippen molar-refractivity contribution in [2.45, 2.75) is 13.5 Å². The van der Waals surface area contributed by atoms with Crippen LogP contribution < -0.4 is 10.9 Å². The Morgan fingerprint density at radius 2 is 1.96 bits per heavy atom. The first-order valence-electron chi connectivity index (χ1n) is 6.82. The Hall–Kier alpha value is -2.47. The standard InChI is InChI=1S/C16H12ClF2N3O/c1-9-3-2-4-22-14(23)7-11(21-16(9)22)8-20-15-12(18)5-10(17)6-13(15)19/h2-7,20H,8H2,1H3. The number of hydrogen-bond acceptors (Lipinski definition) is 3. The quantitative estimate of drug-likeness (QED) is 0.796. The zero-order valence-corrected chi connectivity index (χ0v) is 12.9. The summed E-state index contributed by atoms with van der Waals surface area (Å²) in [6, 6.07) is 6.93. The monoisotopic (exact) mass is 335 g/mol. The van der Waals surface area contributed by atoms with Crippen LogP contribution in [0.3, 0.4) is 0 Å². The predicted molar refractivity (Wildman–Crippen MR) is 84.9 cm³/mol. The molecule has 7 heteroatoms. The van der Waals surface area contributed by atoms with Crippen molar-refractivity contribution >= 4 is 22.9 Å². The van der Waals surface area contributed by atoms with E-state index in [2.05, 4.69) is 10.3 Å². The molecule has 3 rings (SSSR count). The molecular weight excluding hydrogens is 324 g/mol. The maximum absolute atomic E-state index is 13.7. The lowest BCUT2D eigenvalue weighted by Crippen LogP contribution is -2.17. The molecule has 1 aromatic carbocycles. The highest BCUT2D eigenvalue weighted by Gasteiger charge is 2.11. The second kappa shape index (κ2) is 5.96. The van der Waals surface area contributed by atoms with Gasteiger partial charge < -0.3 is 5.32 Å². The largest absolute Gasteiger partial charge is 0.375 e. The van der Waals surface area contributed by atoms with Gasteiger partial charge in [-0.25, -0.2) is 13.8 Å². The minimum Gasteiger partial charge on any atom is -0.375 e. The fourth-order valence-electron chi connectivity index (χ4n) is 2.29. The lowest BCUT2D eigenvalue weighted by atomic mass is 10.2. The van der Waals surface area contributed by atoms with Crippen LogP contribution in [0.1, 0.15) is 11.3 Å². The van der Waals surface area contributed by atoms with Gasteiger partial charge in [0.1, 0.15) is 11.3 Å². The summed E-state index contributed by atoms with van der Waals surface area (Å²) in [4.78, 5) is 16.4. The van der Waals surface area contributed by atoms with Gasteiger partial charge >= 0.3 is 0 Å². The van der Waals surface area contributed by atoms with Gasteiger partial charge in [-0.05, 0) is 30.7 Å². The molecule has 118 valence electrons. The molecule has 0 spiro atoms. The number of aryl methyl sites for hydroxylation is 1. The fraction of sp³-hybridized carbons (Fsp3) is 0.125. The highest BCUT2D eigenvalue weighted by molar-refractivity contribution is 6.30. The van der Waals surface area contributed by atoms with Crippen molar-refractivity contribution in [2.75, 3.05) is 5.32 Å². The van der Waals surface area contributed by atoms with Gasteiger partial charge in [-0.15, -0.1) is 0 Å². The number of aromatic nitrogens is 2. The number of benzene rings is 1. The minimum absolute atomic E-state index is 0.00947. The molecule has 2 aromatic heterocycles. The number of halogens is 3. The van der Waals surface area contributed by atoms with Crippen molar-refractivity contribution in [3.8, 4) is 0 Å². The molecule has 4 nitrogen and oxygen atoms in total. The number of rotatable bonds is 3. The van der Waals surface area contributed by atoms with E-state index in [1.54, 1.807) is 12.3 Å². The smallest absolute Gasteiger partial charge is 0.258 e. The molecule has 0 unspecified atom stereocenters. The molecule has 0 amide bonds. The Kier molecular flexibility index (Phi) is 4.00. The van der Waals surface area contributed by atoms with Crippen LogP contribution in [0.25, 0.3) is 5.65 Å². The van der Waals surface area contributed by atoms with Crippen LogP contribution in [-0.4, -0.2) is 9.38 Å². The minimum atomic E-state index is -0.802. The molecule has 0 fully saturated rings. The molecule has 0 aliphatic rings. The molecule has 0 aliphatic carbocycles. The van der Waals surface area contributed by atoms with Gasteiger partial charge in [0, 0.05) is 17.3 Å². The summed E-state index contributed by atoms with van der Waals surface area (Å²) >= 11 is 5.58. The molecule has 0 bridgehead atoms. The van der Waals surface area contributed by atoms with Crippen LogP contribution in [0.4, 0.5) is 14.5 Å². The summed E-state index contributed by atoms with van der Waals surface area (Å²) in [7, 11) is 0. The number of fused-ring (bicyclic) bond motifs is 1. The second-order valence-corrected chi connectivity index (χ2v) is 5.50. The van der Waals surface area contributed by atoms with Crippen LogP contribution in [0, 0.1) is 18.6 Å². The van der Waals surface area contributed by atoms with Gasteiger partial charge in [-0.2, -0.15) is 0 Å². The van der Waals surface area contributed by atoms with Crippen molar-refractivity contribution in [1.29, 1.82) is 0 Å². The molecule has 0 saturated heterocycles. The molecule has 0 atom stereocenters. The van der Waals surface area contributed by atoms with E-state index in [4.69, 9.17) is 11.6 Å². The van der Waals surface area contributed by atoms with Crippen LogP contribution in [0.15, 0.2) is 41.3 Å². The molecule has 3 aromatic rings. The maximum atomic E-state index is 13.7. The lowest BCUT2D eigenvalue weighted by Gasteiger charge is -2.10. The van der Waals surface area contributed by atoms with Gasteiger partial charge in [0.25, 0.3) is 5.56 Å². The van der Waals surface area contributed by atoms with E-state index < -0.39 is 11.6 Å². The molecule has 0 aliphatic heterocycles. The Morgan fingerprint density at radius 3 is 2.65 bits per heavy atom. The highest BCUT2D eigenvalue weighted by Crippen LogP contribution is 2.23. The van der Waals surface area contributed by atoms with Crippen molar-refractivity contribution < 1.29 is 8.78 Å². The van der Waals surface area contributed by atoms with Gasteiger partial charge in [0.05, 0.1) is 12.2 Å². The number of nitrogens with zero attached hydrogens (tertiary/aromatic N) is 2. The van der Waals surface area contributed by atoms with E-state index in [1.807, 2.05) is 13.0 Å². The van der Waals surface area contributed by atoms with E-state index >= 15 is 0 Å². The summed E-state index contributed by atoms with van der Waals surface area (Å²) in [6.45, 7) is 1.84. The third-order valence-corrected chi connectivity index (χ3v) is 3.61. The SMILES string of the molecule is Cc1cccn2c(=O)cc(CNc3c(F)cc(Cl)cc3F)nc12. The third kappa shape index (κ3) is 3.03. The van der Waals surface area contributed by atoms with Crippen LogP contribution in [0.2, 0.25) is 5.02 Å². The Labute approximate surface area is 135 Å².